The number of rotatable bonds is 1. The van der Waals surface area contributed by atoms with Crippen LogP contribution in [0.3, 0.4) is 0 Å². The monoisotopic (exact) mass is 161 g/mol. The second-order valence-corrected chi connectivity index (χ2v) is 3.16. The third-order valence-electron chi connectivity index (χ3n) is 2.00. The van der Waals surface area contributed by atoms with Gasteiger partial charge in [0.2, 0.25) is 0 Å². The van der Waals surface area contributed by atoms with Crippen LogP contribution in [0.15, 0.2) is 24.3 Å². The zero-order valence-electron chi connectivity index (χ0n) is 7.08. The van der Waals surface area contributed by atoms with E-state index < -0.39 is 0 Å². The normalized spacial score (nSPS) is 14.6. The smallest absolute Gasteiger partial charge is 0.253 e. The molecule has 62 valence electrons. The highest BCUT2D eigenvalue weighted by Crippen LogP contribution is 2.12. The van der Waals surface area contributed by atoms with Gasteiger partial charge in [0.1, 0.15) is 0 Å². The van der Waals surface area contributed by atoms with Gasteiger partial charge in [0.15, 0.2) is 0 Å². The molecule has 2 heteroatoms. The van der Waals surface area contributed by atoms with Crippen molar-refractivity contribution in [3.63, 3.8) is 0 Å². The predicted molar refractivity (Wildman–Crippen MR) is 47.1 cm³/mol. The number of hydrogen-bond donors (Lipinski definition) is 0. The second kappa shape index (κ2) is 2.63. The van der Waals surface area contributed by atoms with Gasteiger partial charge in [0.25, 0.3) is 5.91 Å². The van der Waals surface area contributed by atoms with Gasteiger partial charge in [0.05, 0.1) is 0 Å². The number of aryl methyl sites for hydroxylation is 1. The Balaban J connectivity index is 2.26. The SMILES string of the molecule is Cc1cccc(C(=O)N2CC2)c1. The Morgan fingerprint density at radius 3 is 2.75 bits per heavy atom. The summed E-state index contributed by atoms with van der Waals surface area (Å²) in [6.45, 7) is 3.85. The first-order chi connectivity index (χ1) is 5.77. The van der Waals surface area contributed by atoms with Crippen LogP contribution in [0.4, 0.5) is 0 Å². The molecule has 0 aromatic heterocycles. The first kappa shape index (κ1) is 7.35. The molecule has 0 atom stereocenters. The molecular formula is C10H11NO. The minimum atomic E-state index is 0.165. The zero-order chi connectivity index (χ0) is 8.55. The van der Waals surface area contributed by atoms with E-state index in [4.69, 9.17) is 0 Å². The fraction of sp³-hybridized carbons (Fsp3) is 0.300. The third kappa shape index (κ3) is 1.33. The van der Waals surface area contributed by atoms with Gasteiger partial charge in [-0.25, -0.2) is 0 Å². The van der Waals surface area contributed by atoms with Crippen molar-refractivity contribution in [1.29, 1.82) is 0 Å². The van der Waals surface area contributed by atoms with Crippen molar-refractivity contribution >= 4 is 5.91 Å². The van der Waals surface area contributed by atoms with E-state index in [1.165, 1.54) is 0 Å². The topological polar surface area (TPSA) is 20.1 Å². The van der Waals surface area contributed by atoms with Crippen molar-refractivity contribution in [2.75, 3.05) is 13.1 Å². The summed E-state index contributed by atoms with van der Waals surface area (Å²) in [6.07, 6.45) is 0. The minimum Gasteiger partial charge on any atom is -0.335 e. The summed E-state index contributed by atoms with van der Waals surface area (Å²) in [5.41, 5.74) is 1.95. The van der Waals surface area contributed by atoms with Gasteiger partial charge in [-0.05, 0) is 19.1 Å². The van der Waals surface area contributed by atoms with Gasteiger partial charge < -0.3 is 4.90 Å². The van der Waals surface area contributed by atoms with Crippen molar-refractivity contribution in [2.45, 2.75) is 6.92 Å². The molecule has 12 heavy (non-hydrogen) atoms. The molecule has 2 nitrogen and oxygen atoms in total. The molecule has 1 fully saturated rings. The van der Waals surface area contributed by atoms with Crippen molar-refractivity contribution in [1.82, 2.24) is 4.90 Å². The van der Waals surface area contributed by atoms with Crippen molar-refractivity contribution < 1.29 is 4.79 Å². The maximum Gasteiger partial charge on any atom is 0.253 e. The quantitative estimate of drug-likeness (QED) is 0.571. The fourth-order valence-corrected chi connectivity index (χ4v) is 1.21. The zero-order valence-corrected chi connectivity index (χ0v) is 7.08. The van der Waals surface area contributed by atoms with E-state index >= 15 is 0 Å². The Hall–Kier alpha value is -1.31. The molecule has 1 aliphatic heterocycles. The molecule has 0 unspecified atom stereocenters. The number of carbonyl (C=O) groups is 1. The molecule has 1 aromatic carbocycles. The van der Waals surface area contributed by atoms with Crippen LogP contribution in [-0.4, -0.2) is 23.9 Å². The van der Waals surface area contributed by atoms with E-state index in [-0.39, 0.29) is 5.91 Å². The molecule has 1 amide bonds. The van der Waals surface area contributed by atoms with Crippen molar-refractivity contribution in [3.8, 4) is 0 Å². The number of nitrogens with zero attached hydrogens (tertiary/aromatic N) is 1. The van der Waals surface area contributed by atoms with Crippen LogP contribution in [-0.2, 0) is 0 Å². The first-order valence-corrected chi connectivity index (χ1v) is 4.13. The highest BCUT2D eigenvalue weighted by molar-refractivity contribution is 5.95. The van der Waals surface area contributed by atoms with Crippen molar-refractivity contribution in [2.24, 2.45) is 0 Å². The van der Waals surface area contributed by atoms with E-state index in [9.17, 15) is 4.79 Å². The van der Waals surface area contributed by atoms with E-state index in [1.807, 2.05) is 36.1 Å². The fourth-order valence-electron chi connectivity index (χ4n) is 1.21. The molecular weight excluding hydrogens is 150 g/mol. The number of benzene rings is 1. The maximum absolute atomic E-state index is 11.5. The van der Waals surface area contributed by atoms with E-state index in [0.29, 0.717) is 0 Å². The van der Waals surface area contributed by atoms with Crippen LogP contribution in [0, 0.1) is 6.92 Å². The Morgan fingerprint density at radius 1 is 1.42 bits per heavy atom. The summed E-state index contributed by atoms with van der Waals surface area (Å²) in [7, 11) is 0. The largest absolute Gasteiger partial charge is 0.335 e. The lowest BCUT2D eigenvalue weighted by molar-refractivity contribution is 0.0885. The van der Waals surface area contributed by atoms with Gasteiger partial charge in [-0.1, -0.05) is 17.7 Å². The summed E-state index contributed by atoms with van der Waals surface area (Å²) >= 11 is 0. The maximum atomic E-state index is 11.5. The predicted octanol–water partition coefficient (Wildman–Crippen LogP) is 1.45. The lowest BCUT2D eigenvalue weighted by Crippen LogP contribution is -2.10. The van der Waals surface area contributed by atoms with E-state index in [0.717, 1.165) is 24.2 Å². The lowest BCUT2D eigenvalue weighted by atomic mass is 10.1. The Labute approximate surface area is 71.8 Å². The Bertz CT molecular complexity index is 315. The van der Waals surface area contributed by atoms with Crippen LogP contribution in [0.2, 0.25) is 0 Å². The average Bonchev–Trinajstić information content (AvgIpc) is 2.85. The second-order valence-electron chi connectivity index (χ2n) is 3.16. The molecule has 0 N–H and O–H groups in total. The number of amides is 1. The summed E-state index contributed by atoms with van der Waals surface area (Å²) < 4.78 is 0. The number of hydrogen-bond acceptors (Lipinski definition) is 1. The molecule has 0 spiro atoms. The first-order valence-electron chi connectivity index (χ1n) is 4.13. The van der Waals surface area contributed by atoms with Crippen LogP contribution < -0.4 is 0 Å². The molecule has 2 rings (SSSR count). The van der Waals surface area contributed by atoms with Crippen LogP contribution in [0.25, 0.3) is 0 Å². The van der Waals surface area contributed by atoms with E-state index in [2.05, 4.69) is 0 Å². The standard InChI is InChI=1S/C10H11NO/c1-8-3-2-4-9(7-8)10(12)11-5-6-11/h2-4,7H,5-6H2,1H3. The van der Waals surface area contributed by atoms with Gasteiger partial charge in [-0.3, -0.25) is 4.79 Å². The van der Waals surface area contributed by atoms with Crippen LogP contribution in [0.1, 0.15) is 15.9 Å². The molecule has 1 heterocycles. The summed E-state index contributed by atoms with van der Waals surface area (Å²) in [5.74, 6) is 0.165. The molecule has 0 radical (unpaired) electrons. The molecule has 1 aliphatic rings. The Morgan fingerprint density at radius 2 is 2.17 bits per heavy atom. The summed E-state index contributed by atoms with van der Waals surface area (Å²) in [4.78, 5) is 13.3. The van der Waals surface area contributed by atoms with Crippen LogP contribution >= 0.6 is 0 Å². The van der Waals surface area contributed by atoms with Gasteiger partial charge in [0, 0.05) is 18.7 Å². The molecule has 1 saturated heterocycles. The summed E-state index contributed by atoms with van der Waals surface area (Å²) in [6, 6.07) is 7.72. The average molecular weight is 161 g/mol. The molecule has 0 saturated carbocycles. The highest BCUT2D eigenvalue weighted by Gasteiger charge is 2.24. The van der Waals surface area contributed by atoms with E-state index in [1.54, 1.807) is 0 Å². The highest BCUT2D eigenvalue weighted by atomic mass is 16.2. The van der Waals surface area contributed by atoms with Gasteiger partial charge in [-0.2, -0.15) is 0 Å². The van der Waals surface area contributed by atoms with Crippen LogP contribution in [0.5, 0.6) is 0 Å². The molecule has 0 bridgehead atoms. The van der Waals surface area contributed by atoms with Crippen molar-refractivity contribution in [3.05, 3.63) is 35.4 Å². The lowest BCUT2D eigenvalue weighted by Gasteiger charge is -2.01. The molecule has 1 aromatic rings. The third-order valence-corrected chi connectivity index (χ3v) is 2.00. The summed E-state index contributed by atoms with van der Waals surface area (Å²) in [5, 5.41) is 0. The van der Waals surface area contributed by atoms with Gasteiger partial charge in [-0.15, -0.1) is 0 Å². The Kier molecular flexibility index (Phi) is 1.61. The number of carbonyl (C=O) groups excluding carboxylic acids is 1. The minimum absolute atomic E-state index is 0.165. The van der Waals surface area contributed by atoms with Gasteiger partial charge >= 0.3 is 0 Å². The molecule has 0 aliphatic carbocycles.